The van der Waals surface area contributed by atoms with Crippen LogP contribution in [-0.2, 0) is 4.79 Å². The Bertz CT molecular complexity index is 982. The smallest absolute Gasteiger partial charge is 0.240 e. The zero-order chi connectivity index (χ0) is 18.8. The fraction of sp³-hybridized carbons (Fsp3) is 0.211. The first-order valence-corrected chi connectivity index (χ1v) is 8.51. The molecule has 1 aliphatic heterocycles. The zero-order valence-corrected chi connectivity index (χ0v) is 15.0. The average molecular weight is 362 g/mol. The third kappa shape index (κ3) is 3.29. The number of carbonyl (C=O) groups is 1. The van der Waals surface area contributed by atoms with E-state index < -0.39 is 0 Å². The summed E-state index contributed by atoms with van der Waals surface area (Å²) in [6.45, 7) is 1.53. The molecule has 0 N–H and O–H groups in total. The van der Waals surface area contributed by atoms with Crippen LogP contribution in [0.25, 0.3) is 5.69 Å². The van der Waals surface area contributed by atoms with Gasteiger partial charge < -0.3 is 4.74 Å². The summed E-state index contributed by atoms with van der Waals surface area (Å²) in [4.78, 5) is 12.1. The van der Waals surface area contributed by atoms with Crippen molar-refractivity contribution in [3.63, 3.8) is 0 Å². The van der Waals surface area contributed by atoms with Crippen LogP contribution in [0.5, 0.6) is 5.75 Å². The number of nitrogens with zero attached hydrogens (tertiary/aromatic N) is 6. The van der Waals surface area contributed by atoms with Crippen LogP contribution < -0.4 is 4.74 Å². The number of hydrogen-bond donors (Lipinski definition) is 0. The Balaban J connectivity index is 1.65. The minimum atomic E-state index is -0.139. The second kappa shape index (κ2) is 6.99. The van der Waals surface area contributed by atoms with Gasteiger partial charge in [0.05, 0.1) is 24.6 Å². The lowest BCUT2D eigenvalue weighted by molar-refractivity contribution is -0.130. The van der Waals surface area contributed by atoms with Crippen molar-refractivity contribution in [2.75, 3.05) is 7.11 Å². The second-order valence-corrected chi connectivity index (χ2v) is 6.21. The van der Waals surface area contributed by atoms with E-state index in [4.69, 9.17) is 4.74 Å². The van der Waals surface area contributed by atoms with Gasteiger partial charge in [-0.1, -0.05) is 24.3 Å². The highest BCUT2D eigenvalue weighted by atomic mass is 16.5. The molecule has 2 heterocycles. The second-order valence-electron chi connectivity index (χ2n) is 6.21. The zero-order valence-electron chi connectivity index (χ0n) is 15.0. The van der Waals surface area contributed by atoms with Gasteiger partial charge in [-0.2, -0.15) is 5.10 Å². The predicted octanol–water partition coefficient (Wildman–Crippen LogP) is 2.37. The highest BCUT2D eigenvalue weighted by Gasteiger charge is 2.31. The lowest BCUT2D eigenvalue weighted by Crippen LogP contribution is -2.24. The SMILES string of the molecule is COc1ccc(C2CC(c3cccc(-n4cnnn4)c3)=NN2C(C)=O)cc1. The maximum atomic E-state index is 12.1. The molecule has 8 nitrogen and oxygen atoms in total. The Morgan fingerprint density at radius 3 is 2.67 bits per heavy atom. The van der Waals surface area contributed by atoms with Crippen molar-refractivity contribution in [2.24, 2.45) is 5.10 Å². The van der Waals surface area contributed by atoms with E-state index in [0.717, 1.165) is 28.3 Å². The molecule has 1 amide bonds. The van der Waals surface area contributed by atoms with Crippen molar-refractivity contribution in [3.05, 3.63) is 66.0 Å². The molecule has 4 rings (SSSR count). The van der Waals surface area contributed by atoms with Crippen molar-refractivity contribution in [1.29, 1.82) is 0 Å². The Hall–Kier alpha value is -3.55. The van der Waals surface area contributed by atoms with Gasteiger partial charge in [-0.15, -0.1) is 5.10 Å². The van der Waals surface area contributed by atoms with Gasteiger partial charge in [0, 0.05) is 13.3 Å². The van der Waals surface area contributed by atoms with Crippen LogP contribution in [0.2, 0.25) is 0 Å². The molecule has 1 atom stereocenters. The van der Waals surface area contributed by atoms with Gasteiger partial charge in [-0.3, -0.25) is 4.79 Å². The molecule has 0 bridgehead atoms. The van der Waals surface area contributed by atoms with E-state index in [1.807, 2.05) is 48.5 Å². The van der Waals surface area contributed by atoms with E-state index >= 15 is 0 Å². The van der Waals surface area contributed by atoms with Gasteiger partial charge in [-0.05, 0) is 45.8 Å². The molecule has 1 aromatic heterocycles. The number of ether oxygens (including phenoxy) is 1. The Kier molecular flexibility index (Phi) is 4.37. The molecular weight excluding hydrogens is 344 g/mol. The van der Waals surface area contributed by atoms with Crippen molar-refractivity contribution in [1.82, 2.24) is 25.2 Å². The molecule has 0 aliphatic carbocycles. The fourth-order valence-electron chi connectivity index (χ4n) is 3.17. The largest absolute Gasteiger partial charge is 0.497 e. The molecule has 0 saturated carbocycles. The number of tetrazole rings is 1. The summed E-state index contributed by atoms with van der Waals surface area (Å²) in [6, 6.07) is 15.4. The van der Waals surface area contributed by atoms with Crippen LogP contribution in [-0.4, -0.2) is 43.9 Å². The molecular formula is C19H18N6O2. The summed E-state index contributed by atoms with van der Waals surface area (Å²) in [5, 5.41) is 17.4. The number of benzene rings is 2. The summed E-state index contributed by atoms with van der Waals surface area (Å²) >= 11 is 0. The van der Waals surface area contributed by atoms with Gasteiger partial charge in [0.1, 0.15) is 12.1 Å². The molecule has 0 spiro atoms. The molecule has 8 heteroatoms. The first-order chi connectivity index (χ1) is 13.2. The highest BCUT2D eigenvalue weighted by molar-refractivity contribution is 6.03. The van der Waals surface area contributed by atoms with Crippen LogP contribution in [0, 0.1) is 0 Å². The van der Waals surface area contributed by atoms with E-state index in [2.05, 4.69) is 20.6 Å². The summed E-state index contributed by atoms with van der Waals surface area (Å²) in [6.07, 6.45) is 2.17. The van der Waals surface area contributed by atoms with Gasteiger partial charge >= 0.3 is 0 Å². The van der Waals surface area contributed by atoms with Crippen molar-refractivity contribution < 1.29 is 9.53 Å². The number of methoxy groups -OCH3 is 1. The molecule has 0 saturated heterocycles. The molecule has 0 radical (unpaired) electrons. The van der Waals surface area contributed by atoms with E-state index in [-0.39, 0.29) is 11.9 Å². The van der Waals surface area contributed by atoms with E-state index in [0.29, 0.717) is 6.42 Å². The minimum absolute atomic E-state index is 0.0950. The number of hydrogen-bond acceptors (Lipinski definition) is 6. The van der Waals surface area contributed by atoms with Crippen LogP contribution in [0.3, 0.4) is 0 Å². The average Bonchev–Trinajstić information content (AvgIpc) is 3.38. The van der Waals surface area contributed by atoms with Gasteiger partial charge in [0.15, 0.2) is 0 Å². The lowest BCUT2D eigenvalue weighted by atomic mass is 9.98. The normalized spacial score (nSPS) is 16.3. The van der Waals surface area contributed by atoms with Crippen molar-refractivity contribution in [2.45, 2.75) is 19.4 Å². The molecule has 0 fully saturated rings. The van der Waals surface area contributed by atoms with Gasteiger partial charge in [0.25, 0.3) is 0 Å². The Morgan fingerprint density at radius 2 is 2.00 bits per heavy atom. The maximum absolute atomic E-state index is 12.1. The first-order valence-electron chi connectivity index (χ1n) is 8.51. The van der Waals surface area contributed by atoms with Crippen LogP contribution >= 0.6 is 0 Å². The molecule has 27 heavy (non-hydrogen) atoms. The molecule has 1 unspecified atom stereocenters. The predicted molar refractivity (Wildman–Crippen MR) is 98.6 cm³/mol. The van der Waals surface area contributed by atoms with Crippen LogP contribution in [0.15, 0.2) is 60.0 Å². The quantitative estimate of drug-likeness (QED) is 0.711. The Morgan fingerprint density at radius 1 is 1.19 bits per heavy atom. The summed E-state index contributed by atoms with van der Waals surface area (Å²) in [5.41, 5.74) is 3.63. The molecule has 136 valence electrons. The molecule has 2 aromatic carbocycles. The minimum Gasteiger partial charge on any atom is -0.497 e. The topological polar surface area (TPSA) is 85.5 Å². The standard InChI is InChI=1S/C19H18N6O2/c1-13(26)25-19(14-6-8-17(27-2)9-7-14)11-18(21-25)15-4-3-5-16(10-15)24-12-20-22-23-24/h3-10,12,19H,11H2,1-2H3. The molecule has 1 aliphatic rings. The van der Waals surface area contributed by atoms with Gasteiger partial charge in [0.2, 0.25) is 5.91 Å². The number of carbonyl (C=O) groups excluding carboxylic acids is 1. The highest BCUT2D eigenvalue weighted by Crippen LogP contribution is 2.33. The summed E-state index contributed by atoms with van der Waals surface area (Å²) in [7, 11) is 1.63. The third-order valence-electron chi connectivity index (χ3n) is 4.53. The number of rotatable bonds is 4. The monoisotopic (exact) mass is 362 g/mol. The van der Waals surface area contributed by atoms with E-state index in [1.54, 1.807) is 16.8 Å². The van der Waals surface area contributed by atoms with Crippen LogP contribution in [0.4, 0.5) is 0 Å². The summed E-state index contributed by atoms with van der Waals surface area (Å²) in [5.74, 6) is 0.684. The third-order valence-corrected chi connectivity index (χ3v) is 4.53. The maximum Gasteiger partial charge on any atom is 0.240 e. The van der Waals surface area contributed by atoms with Crippen molar-refractivity contribution >= 4 is 11.6 Å². The van der Waals surface area contributed by atoms with Gasteiger partial charge in [-0.25, -0.2) is 9.69 Å². The van der Waals surface area contributed by atoms with Crippen LogP contribution in [0.1, 0.15) is 30.5 Å². The lowest BCUT2D eigenvalue weighted by Gasteiger charge is -2.20. The van der Waals surface area contributed by atoms with E-state index in [9.17, 15) is 4.79 Å². The molecule has 3 aromatic rings. The number of aromatic nitrogens is 4. The number of amides is 1. The fourth-order valence-corrected chi connectivity index (χ4v) is 3.17. The van der Waals surface area contributed by atoms with Crippen molar-refractivity contribution in [3.8, 4) is 11.4 Å². The first kappa shape index (κ1) is 16.9. The Labute approximate surface area is 156 Å². The number of hydrazone groups is 1. The summed E-state index contributed by atoms with van der Waals surface area (Å²) < 4.78 is 6.80. The van der Waals surface area contributed by atoms with E-state index in [1.165, 1.54) is 13.3 Å².